The summed E-state index contributed by atoms with van der Waals surface area (Å²) in [6.07, 6.45) is 0. The number of fused-ring (bicyclic) bond motifs is 1. The lowest BCUT2D eigenvalue weighted by Gasteiger charge is -2.10. The molecular weight excluding hydrogens is 438 g/mol. The number of aliphatic imine (C=N–C) groups is 1. The Balaban J connectivity index is 1.78. The average Bonchev–Trinajstić information content (AvgIpc) is 3.17. The van der Waals surface area contributed by atoms with Gasteiger partial charge in [-0.1, -0.05) is 48.4 Å². The summed E-state index contributed by atoms with van der Waals surface area (Å²) in [5.41, 5.74) is 4.99. The minimum atomic E-state index is -0.342. The number of benzene rings is 3. The molecule has 0 atom stereocenters. The van der Waals surface area contributed by atoms with Gasteiger partial charge in [0.2, 0.25) is 0 Å². The van der Waals surface area contributed by atoms with Crippen molar-refractivity contribution in [2.24, 2.45) is 4.99 Å². The zero-order chi connectivity index (χ0) is 24.8. The first-order chi connectivity index (χ1) is 16.9. The molecule has 0 radical (unpaired) electrons. The molecule has 0 spiro atoms. The maximum atomic E-state index is 11.7. The van der Waals surface area contributed by atoms with Crippen molar-refractivity contribution < 1.29 is 14.3 Å². The molecule has 4 aromatic rings. The van der Waals surface area contributed by atoms with Gasteiger partial charge < -0.3 is 19.7 Å². The van der Waals surface area contributed by atoms with Gasteiger partial charge in [0.15, 0.2) is 0 Å². The molecule has 176 valence electrons. The monoisotopic (exact) mass is 465 g/mol. The molecule has 1 amide bonds. The van der Waals surface area contributed by atoms with Crippen LogP contribution in [0.3, 0.4) is 0 Å². The van der Waals surface area contributed by atoms with Crippen molar-refractivity contribution in [1.82, 2.24) is 10.2 Å². The summed E-state index contributed by atoms with van der Waals surface area (Å²) in [6.45, 7) is 3.19. The van der Waals surface area contributed by atoms with Gasteiger partial charge in [0, 0.05) is 35.5 Å². The maximum absolute atomic E-state index is 11.7. The molecule has 1 aromatic heterocycles. The highest BCUT2D eigenvalue weighted by molar-refractivity contribution is 6.21. The SMILES string of the molecule is CCNC(=O)C#Cc1ccc2c(C(=Nc3ccc(CN(C)C)cc3)c3ccccc3)c(O)oc2c1. The van der Waals surface area contributed by atoms with Crippen LogP contribution >= 0.6 is 0 Å². The number of amides is 1. The fraction of sp³-hybridized carbons (Fsp3) is 0.172. The van der Waals surface area contributed by atoms with Gasteiger partial charge in [0.1, 0.15) is 5.58 Å². The van der Waals surface area contributed by atoms with Crippen molar-refractivity contribution in [3.63, 3.8) is 0 Å². The van der Waals surface area contributed by atoms with Crippen LogP contribution in [0.15, 0.2) is 82.2 Å². The van der Waals surface area contributed by atoms with Crippen LogP contribution in [0.2, 0.25) is 0 Å². The topological polar surface area (TPSA) is 78.1 Å². The molecule has 0 saturated carbocycles. The number of hydrogen-bond acceptors (Lipinski definition) is 5. The van der Waals surface area contributed by atoms with E-state index >= 15 is 0 Å². The van der Waals surface area contributed by atoms with Gasteiger partial charge in [-0.05, 0) is 56.9 Å². The van der Waals surface area contributed by atoms with Gasteiger partial charge in [-0.25, -0.2) is 4.99 Å². The molecule has 0 saturated heterocycles. The lowest BCUT2D eigenvalue weighted by Crippen LogP contribution is -2.20. The van der Waals surface area contributed by atoms with Crippen LogP contribution in [0.4, 0.5) is 5.69 Å². The summed E-state index contributed by atoms with van der Waals surface area (Å²) in [7, 11) is 4.06. The number of nitrogens with one attached hydrogen (secondary N) is 1. The van der Waals surface area contributed by atoms with E-state index in [1.54, 1.807) is 12.1 Å². The highest BCUT2D eigenvalue weighted by atomic mass is 16.5. The van der Waals surface area contributed by atoms with Crippen LogP contribution < -0.4 is 5.32 Å². The van der Waals surface area contributed by atoms with Gasteiger partial charge >= 0.3 is 0 Å². The highest BCUT2D eigenvalue weighted by Gasteiger charge is 2.21. The van der Waals surface area contributed by atoms with Crippen molar-refractivity contribution in [3.8, 4) is 17.8 Å². The lowest BCUT2D eigenvalue weighted by molar-refractivity contribution is -0.115. The Morgan fingerprint density at radius 3 is 2.49 bits per heavy atom. The van der Waals surface area contributed by atoms with Crippen molar-refractivity contribution in [3.05, 3.63) is 95.1 Å². The van der Waals surface area contributed by atoms with Crippen molar-refractivity contribution in [2.45, 2.75) is 13.5 Å². The van der Waals surface area contributed by atoms with Crippen molar-refractivity contribution in [2.75, 3.05) is 20.6 Å². The fourth-order valence-electron chi connectivity index (χ4n) is 3.75. The van der Waals surface area contributed by atoms with E-state index in [0.717, 1.165) is 17.8 Å². The number of carbonyl (C=O) groups is 1. The normalized spacial score (nSPS) is 11.4. The number of furan rings is 1. The largest absolute Gasteiger partial charge is 0.480 e. The smallest absolute Gasteiger partial charge is 0.296 e. The van der Waals surface area contributed by atoms with E-state index in [-0.39, 0.29) is 11.9 Å². The molecule has 1 heterocycles. The Labute approximate surface area is 204 Å². The Bertz CT molecular complexity index is 1420. The quantitative estimate of drug-likeness (QED) is 0.315. The van der Waals surface area contributed by atoms with E-state index in [4.69, 9.17) is 9.41 Å². The Morgan fingerprint density at radius 1 is 1.06 bits per heavy atom. The Morgan fingerprint density at radius 2 is 1.80 bits per heavy atom. The number of hydrogen-bond donors (Lipinski definition) is 2. The number of nitrogens with zero attached hydrogens (tertiary/aromatic N) is 2. The van der Waals surface area contributed by atoms with E-state index in [0.29, 0.717) is 34.4 Å². The van der Waals surface area contributed by atoms with E-state index in [1.165, 1.54) is 5.56 Å². The molecule has 0 unspecified atom stereocenters. The molecule has 6 heteroatoms. The second-order valence-corrected chi connectivity index (χ2v) is 8.33. The predicted molar refractivity (Wildman–Crippen MR) is 139 cm³/mol. The third-order valence-corrected chi connectivity index (χ3v) is 5.29. The third-order valence-electron chi connectivity index (χ3n) is 5.29. The second-order valence-electron chi connectivity index (χ2n) is 8.33. The molecule has 0 aliphatic carbocycles. The van der Waals surface area contributed by atoms with Crippen molar-refractivity contribution >= 4 is 28.3 Å². The summed E-state index contributed by atoms with van der Waals surface area (Å²) >= 11 is 0. The Kier molecular flexibility index (Phi) is 7.30. The minimum Gasteiger partial charge on any atom is -0.480 e. The van der Waals surface area contributed by atoms with Gasteiger partial charge in [-0.15, -0.1) is 0 Å². The van der Waals surface area contributed by atoms with Crippen LogP contribution in [0.25, 0.3) is 11.0 Å². The lowest BCUT2D eigenvalue weighted by atomic mass is 10.00. The maximum Gasteiger partial charge on any atom is 0.296 e. The number of carbonyl (C=O) groups excluding carboxylic acids is 1. The first-order valence-electron chi connectivity index (χ1n) is 11.4. The highest BCUT2D eigenvalue weighted by Crippen LogP contribution is 2.34. The molecular formula is C29H27N3O3. The molecule has 0 bridgehead atoms. The fourth-order valence-corrected chi connectivity index (χ4v) is 3.75. The molecule has 0 fully saturated rings. The van der Waals surface area contributed by atoms with Crippen molar-refractivity contribution in [1.29, 1.82) is 0 Å². The molecule has 3 aromatic carbocycles. The van der Waals surface area contributed by atoms with E-state index in [2.05, 4.69) is 34.2 Å². The summed E-state index contributed by atoms with van der Waals surface area (Å²) in [5, 5.41) is 14.2. The van der Waals surface area contributed by atoms with Gasteiger partial charge in [0.25, 0.3) is 11.9 Å². The van der Waals surface area contributed by atoms with Crippen LogP contribution in [0.1, 0.15) is 29.2 Å². The van der Waals surface area contributed by atoms with Crippen LogP contribution in [-0.4, -0.2) is 42.3 Å². The summed E-state index contributed by atoms with van der Waals surface area (Å²) < 4.78 is 5.70. The first kappa shape index (κ1) is 23.8. The molecule has 2 N–H and O–H groups in total. The Hall–Kier alpha value is -4.34. The molecule has 35 heavy (non-hydrogen) atoms. The second kappa shape index (κ2) is 10.7. The first-order valence-corrected chi connectivity index (χ1v) is 11.4. The van der Waals surface area contributed by atoms with E-state index in [9.17, 15) is 9.90 Å². The molecule has 4 rings (SSSR count). The van der Waals surface area contributed by atoms with Gasteiger partial charge in [-0.2, -0.15) is 0 Å². The number of aromatic hydroxyl groups is 1. The molecule has 6 nitrogen and oxygen atoms in total. The zero-order valence-electron chi connectivity index (χ0n) is 20.0. The molecule has 0 aliphatic rings. The van der Waals surface area contributed by atoms with E-state index in [1.807, 2.05) is 69.6 Å². The molecule has 0 aliphatic heterocycles. The summed E-state index contributed by atoms with van der Waals surface area (Å²) in [5.74, 6) is 4.82. The predicted octanol–water partition coefficient (Wildman–Crippen LogP) is 4.86. The summed E-state index contributed by atoms with van der Waals surface area (Å²) in [6, 6.07) is 23.1. The third kappa shape index (κ3) is 5.78. The standard InChI is InChI=1S/C29H27N3O3/c1-4-30-26(33)17-13-20-12-16-24-25(18-20)35-29(34)27(24)28(22-8-6-5-7-9-22)31-23-14-10-21(11-15-23)19-32(2)3/h5-12,14-16,18,34H,4,19H2,1-3H3,(H,30,33). The van der Waals surface area contributed by atoms with Crippen LogP contribution in [0, 0.1) is 11.8 Å². The van der Waals surface area contributed by atoms with Crippen LogP contribution in [0.5, 0.6) is 5.95 Å². The number of rotatable bonds is 6. The average molecular weight is 466 g/mol. The van der Waals surface area contributed by atoms with Crippen LogP contribution in [-0.2, 0) is 11.3 Å². The van der Waals surface area contributed by atoms with Gasteiger partial charge in [-0.3, -0.25) is 4.79 Å². The minimum absolute atomic E-state index is 0.222. The zero-order valence-corrected chi connectivity index (χ0v) is 20.0. The van der Waals surface area contributed by atoms with E-state index < -0.39 is 0 Å². The van der Waals surface area contributed by atoms with Gasteiger partial charge in [0.05, 0.1) is 17.0 Å². The summed E-state index contributed by atoms with van der Waals surface area (Å²) in [4.78, 5) is 18.7.